The lowest BCUT2D eigenvalue weighted by Crippen LogP contribution is -2.32. The first-order valence-electron chi connectivity index (χ1n) is 5.72. The number of likely N-dealkylation sites (tertiary alicyclic amines) is 1. The van der Waals surface area contributed by atoms with Crippen molar-refractivity contribution in [2.24, 2.45) is 17.8 Å². The Morgan fingerprint density at radius 1 is 1.14 bits per heavy atom. The lowest BCUT2D eigenvalue weighted by atomic mass is 10.00. The molecule has 0 spiro atoms. The molecule has 0 aromatic rings. The largest absolute Gasteiger partial charge is 0.393 e. The topological polar surface area (TPSA) is 40.5 Å². The predicted octanol–water partition coefficient (Wildman–Crippen LogP) is 0.626. The van der Waals surface area contributed by atoms with E-state index in [9.17, 15) is 9.90 Å². The minimum Gasteiger partial charge on any atom is -0.393 e. The third-order valence-electron chi connectivity index (χ3n) is 4.06. The van der Waals surface area contributed by atoms with E-state index in [0.29, 0.717) is 23.7 Å². The summed E-state index contributed by atoms with van der Waals surface area (Å²) in [5.74, 6) is 1.67. The highest BCUT2D eigenvalue weighted by Gasteiger charge is 2.45. The van der Waals surface area contributed by atoms with E-state index in [1.165, 1.54) is 0 Å². The number of hydrogen-bond donors (Lipinski definition) is 1. The van der Waals surface area contributed by atoms with Gasteiger partial charge >= 0.3 is 0 Å². The summed E-state index contributed by atoms with van der Waals surface area (Å²) in [6, 6.07) is 0. The van der Waals surface area contributed by atoms with Crippen LogP contribution in [0.4, 0.5) is 0 Å². The molecule has 3 aliphatic rings. The van der Waals surface area contributed by atoms with Crippen LogP contribution < -0.4 is 0 Å². The third kappa shape index (κ3) is 1.26. The van der Waals surface area contributed by atoms with E-state index in [4.69, 9.17) is 0 Å². The van der Waals surface area contributed by atoms with Crippen LogP contribution in [0.25, 0.3) is 0 Å². The average molecular weight is 195 g/mol. The molecule has 3 nitrogen and oxygen atoms in total. The molecule has 1 aliphatic heterocycles. The Bertz CT molecular complexity index is 262. The molecule has 3 fully saturated rings. The first-order valence-corrected chi connectivity index (χ1v) is 5.72. The van der Waals surface area contributed by atoms with Gasteiger partial charge < -0.3 is 10.0 Å². The number of aliphatic hydroxyl groups excluding tert-OH is 1. The van der Waals surface area contributed by atoms with Crippen molar-refractivity contribution in [2.45, 2.75) is 31.8 Å². The van der Waals surface area contributed by atoms with Gasteiger partial charge in [0.15, 0.2) is 0 Å². The van der Waals surface area contributed by atoms with Crippen molar-refractivity contribution < 1.29 is 9.90 Å². The van der Waals surface area contributed by atoms with Gasteiger partial charge in [0, 0.05) is 24.9 Å². The highest BCUT2D eigenvalue weighted by Crippen LogP contribution is 2.40. The van der Waals surface area contributed by atoms with Gasteiger partial charge in [0.05, 0.1) is 6.10 Å². The van der Waals surface area contributed by atoms with Crippen LogP contribution in [0.5, 0.6) is 0 Å². The summed E-state index contributed by atoms with van der Waals surface area (Å²) in [5, 5.41) is 9.72. The molecule has 14 heavy (non-hydrogen) atoms. The molecule has 0 bridgehead atoms. The van der Waals surface area contributed by atoms with Crippen LogP contribution in [0, 0.1) is 17.8 Å². The molecule has 1 heterocycles. The third-order valence-corrected chi connectivity index (χ3v) is 4.06. The molecule has 2 aliphatic carbocycles. The Kier molecular flexibility index (Phi) is 1.84. The molecule has 1 saturated heterocycles. The number of fused-ring (bicyclic) bond motifs is 1. The predicted molar refractivity (Wildman–Crippen MR) is 51.5 cm³/mol. The number of aliphatic hydroxyl groups is 1. The summed E-state index contributed by atoms with van der Waals surface area (Å²) in [6.07, 6.45) is 4.10. The lowest BCUT2D eigenvalue weighted by molar-refractivity contribution is -0.131. The Hall–Kier alpha value is -0.570. The molecule has 3 unspecified atom stereocenters. The first-order chi connectivity index (χ1) is 6.75. The Morgan fingerprint density at radius 3 is 2.57 bits per heavy atom. The van der Waals surface area contributed by atoms with Crippen LogP contribution in [-0.4, -0.2) is 35.1 Å². The zero-order valence-electron chi connectivity index (χ0n) is 8.35. The number of hydrogen-bond acceptors (Lipinski definition) is 2. The zero-order chi connectivity index (χ0) is 9.71. The fraction of sp³-hybridized carbons (Fsp3) is 0.909. The monoisotopic (exact) mass is 195 g/mol. The second-order valence-electron chi connectivity index (χ2n) is 5.09. The quantitative estimate of drug-likeness (QED) is 0.666. The molecular weight excluding hydrogens is 178 g/mol. The number of amides is 1. The highest BCUT2D eigenvalue weighted by molar-refractivity contribution is 5.81. The smallest absolute Gasteiger partial charge is 0.225 e. The van der Waals surface area contributed by atoms with E-state index in [1.54, 1.807) is 0 Å². The van der Waals surface area contributed by atoms with Gasteiger partial charge in [0.25, 0.3) is 0 Å². The van der Waals surface area contributed by atoms with Gasteiger partial charge in [-0.15, -0.1) is 0 Å². The Morgan fingerprint density at radius 2 is 1.93 bits per heavy atom. The van der Waals surface area contributed by atoms with Crippen LogP contribution in [-0.2, 0) is 4.79 Å². The first kappa shape index (κ1) is 8.72. The second-order valence-corrected chi connectivity index (χ2v) is 5.09. The van der Waals surface area contributed by atoms with Crippen LogP contribution in [0.3, 0.4) is 0 Å². The Balaban J connectivity index is 1.66. The molecule has 2 saturated carbocycles. The van der Waals surface area contributed by atoms with Gasteiger partial charge in [-0.05, 0) is 31.6 Å². The fourth-order valence-electron chi connectivity index (χ4n) is 3.01. The number of carbonyl (C=O) groups excluding carboxylic acids is 1. The molecule has 0 aromatic carbocycles. The zero-order valence-corrected chi connectivity index (χ0v) is 8.35. The molecule has 78 valence electrons. The van der Waals surface area contributed by atoms with Crippen molar-refractivity contribution in [1.29, 1.82) is 0 Å². The minimum atomic E-state index is -0.142. The van der Waals surface area contributed by atoms with Crippen molar-refractivity contribution in [3.05, 3.63) is 0 Å². The maximum absolute atomic E-state index is 11.8. The van der Waals surface area contributed by atoms with Gasteiger partial charge in [-0.1, -0.05) is 0 Å². The molecule has 0 aromatic heterocycles. The number of rotatable bonds is 1. The second kappa shape index (κ2) is 2.96. The summed E-state index contributed by atoms with van der Waals surface area (Å²) < 4.78 is 0. The van der Waals surface area contributed by atoms with E-state index < -0.39 is 0 Å². The SMILES string of the molecule is O=C(C1CC1)N1CC2CCC(O)C2C1. The molecule has 1 amide bonds. The molecule has 3 heteroatoms. The summed E-state index contributed by atoms with van der Waals surface area (Å²) in [7, 11) is 0. The van der Waals surface area contributed by atoms with Crippen molar-refractivity contribution in [3.63, 3.8) is 0 Å². The lowest BCUT2D eigenvalue weighted by Gasteiger charge is -2.17. The van der Waals surface area contributed by atoms with Crippen LogP contribution >= 0.6 is 0 Å². The fourth-order valence-corrected chi connectivity index (χ4v) is 3.01. The molecule has 0 radical (unpaired) electrons. The molecule has 1 N–H and O–H groups in total. The molecular formula is C11H17NO2. The van der Waals surface area contributed by atoms with Gasteiger partial charge in [-0.25, -0.2) is 0 Å². The van der Waals surface area contributed by atoms with Crippen LogP contribution in [0.2, 0.25) is 0 Å². The average Bonchev–Trinajstić information content (AvgIpc) is 2.84. The van der Waals surface area contributed by atoms with E-state index in [0.717, 1.165) is 38.8 Å². The van der Waals surface area contributed by atoms with Gasteiger partial charge in [-0.3, -0.25) is 4.79 Å². The molecule has 3 rings (SSSR count). The van der Waals surface area contributed by atoms with E-state index in [-0.39, 0.29) is 6.10 Å². The van der Waals surface area contributed by atoms with Gasteiger partial charge in [-0.2, -0.15) is 0 Å². The van der Waals surface area contributed by atoms with Crippen molar-refractivity contribution in [1.82, 2.24) is 4.90 Å². The van der Waals surface area contributed by atoms with Crippen LogP contribution in [0.15, 0.2) is 0 Å². The summed E-state index contributed by atoms with van der Waals surface area (Å²) in [4.78, 5) is 13.8. The minimum absolute atomic E-state index is 0.142. The standard InChI is InChI=1S/C11H17NO2/c13-10-4-3-8-5-12(6-9(8)10)11(14)7-1-2-7/h7-10,13H,1-6H2. The Labute approximate surface area is 84.1 Å². The van der Waals surface area contributed by atoms with Crippen LogP contribution in [0.1, 0.15) is 25.7 Å². The van der Waals surface area contributed by atoms with Crippen molar-refractivity contribution >= 4 is 5.91 Å². The van der Waals surface area contributed by atoms with Gasteiger partial charge in [0.2, 0.25) is 5.91 Å². The maximum atomic E-state index is 11.8. The van der Waals surface area contributed by atoms with Crippen molar-refractivity contribution in [3.8, 4) is 0 Å². The van der Waals surface area contributed by atoms with E-state index >= 15 is 0 Å². The van der Waals surface area contributed by atoms with E-state index in [2.05, 4.69) is 0 Å². The normalized spacial score (nSPS) is 41.5. The van der Waals surface area contributed by atoms with Gasteiger partial charge in [0.1, 0.15) is 0 Å². The van der Waals surface area contributed by atoms with E-state index in [1.807, 2.05) is 4.90 Å². The highest BCUT2D eigenvalue weighted by atomic mass is 16.3. The number of nitrogens with zero attached hydrogens (tertiary/aromatic N) is 1. The summed E-state index contributed by atoms with van der Waals surface area (Å²) in [6.45, 7) is 1.73. The van der Waals surface area contributed by atoms with Crippen molar-refractivity contribution in [2.75, 3.05) is 13.1 Å². The molecule has 3 atom stereocenters. The summed E-state index contributed by atoms with van der Waals surface area (Å²) >= 11 is 0. The number of carbonyl (C=O) groups is 1. The maximum Gasteiger partial charge on any atom is 0.225 e. The summed E-state index contributed by atoms with van der Waals surface area (Å²) in [5.41, 5.74) is 0.